The quantitative estimate of drug-likeness (QED) is 0.449. The largest absolute Gasteiger partial charge is 0.393 e. The predicted octanol–water partition coefficient (Wildman–Crippen LogP) is -0.0567. The highest BCUT2D eigenvalue weighted by Gasteiger charge is 2.43. The first kappa shape index (κ1) is 9.40. The number of ether oxygens (including phenoxy) is 3. The summed E-state index contributed by atoms with van der Waals surface area (Å²) in [5.41, 5.74) is -0.209. The average molecular weight is 188 g/mol. The summed E-state index contributed by atoms with van der Waals surface area (Å²) < 4.78 is 15.5. The molecule has 0 saturated carbocycles. The SMILES string of the molecule is OC[C@]1(CCCOCC2CO2)CO1. The summed E-state index contributed by atoms with van der Waals surface area (Å²) in [6.07, 6.45) is 2.20. The minimum absolute atomic E-state index is 0.138. The van der Waals surface area contributed by atoms with E-state index in [2.05, 4.69) is 0 Å². The van der Waals surface area contributed by atoms with E-state index in [1.165, 1.54) is 0 Å². The molecule has 0 aromatic rings. The summed E-state index contributed by atoms with van der Waals surface area (Å²) in [5, 5.41) is 8.93. The molecule has 2 aliphatic rings. The Bertz CT molecular complexity index is 163. The highest BCUT2D eigenvalue weighted by atomic mass is 16.6. The fourth-order valence-corrected chi connectivity index (χ4v) is 1.29. The second-order valence-corrected chi connectivity index (χ2v) is 3.76. The van der Waals surface area contributed by atoms with Crippen molar-refractivity contribution in [1.82, 2.24) is 0 Å². The van der Waals surface area contributed by atoms with Crippen LogP contribution in [0.5, 0.6) is 0 Å². The monoisotopic (exact) mass is 188 g/mol. The maximum atomic E-state index is 8.93. The molecule has 2 saturated heterocycles. The summed E-state index contributed by atoms with van der Waals surface area (Å²) in [5.74, 6) is 0. The van der Waals surface area contributed by atoms with Gasteiger partial charge in [-0.2, -0.15) is 0 Å². The van der Waals surface area contributed by atoms with Crippen molar-refractivity contribution in [2.75, 3.05) is 33.0 Å². The zero-order chi connectivity index (χ0) is 9.15. The van der Waals surface area contributed by atoms with Gasteiger partial charge in [0.25, 0.3) is 0 Å². The van der Waals surface area contributed by atoms with Crippen molar-refractivity contribution in [1.29, 1.82) is 0 Å². The lowest BCUT2D eigenvalue weighted by atomic mass is 10.1. The van der Waals surface area contributed by atoms with Crippen LogP contribution in [0.2, 0.25) is 0 Å². The van der Waals surface area contributed by atoms with Crippen molar-refractivity contribution in [2.24, 2.45) is 0 Å². The van der Waals surface area contributed by atoms with E-state index in [0.29, 0.717) is 19.3 Å². The number of aliphatic hydroxyl groups is 1. The topological polar surface area (TPSA) is 54.5 Å². The Kier molecular flexibility index (Phi) is 2.83. The Morgan fingerprint density at radius 3 is 2.85 bits per heavy atom. The summed E-state index contributed by atoms with van der Waals surface area (Å²) in [4.78, 5) is 0. The Labute approximate surface area is 77.8 Å². The second kappa shape index (κ2) is 3.92. The molecule has 2 heterocycles. The maximum absolute atomic E-state index is 8.93. The molecule has 2 rings (SSSR count). The number of hydrogen-bond acceptors (Lipinski definition) is 4. The van der Waals surface area contributed by atoms with Crippen LogP contribution in [0.25, 0.3) is 0 Å². The fourth-order valence-electron chi connectivity index (χ4n) is 1.29. The lowest BCUT2D eigenvalue weighted by Gasteiger charge is -2.07. The Morgan fingerprint density at radius 1 is 1.54 bits per heavy atom. The Hall–Kier alpha value is -0.160. The van der Waals surface area contributed by atoms with Crippen LogP contribution in [-0.2, 0) is 14.2 Å². The smallest absolute Gasteiger partial charge is 0.115 e. The standard InChI is InChI=1S/C9H16O4/c10-6-9(7-13-9)2-1-3-11-4-8-5-12-8/h8,10H,1-7H2/t8?,9-/m1/s1. The Morgan fingerprint density at radius 2 is 2.31 bits per heavy atom. The van der Waals surface area contributed by atoms with E-state index >= 15 is 0 Å². The third kappa shape index (κ3) is 2.91. The molecule has 0 radical (unpaired) electrons. The van der Waals surface area contributed by atoms with Gasteiger partial charge in [-0.05, 0) is 12.8 Å². The molecule has 0 spiro atoms. The van der Waals surface area contributed by atoms with Crippen LogP contribution < -0.4 is 0 Å². The van der Waals surface area contributed by atoms with E-state index in [1.807, 2.05) is 0 Å². The van der Waals surface area contributed by atoms with Crippen LogP contribution in [0.3, 0.4) is 0 Å². The third-order valence-corrected chi connectivity index (χ3v) is 2.47. The molecule has 4 nitrogen and oxygen atoms in total. The van der Waals surface area contributed by atoms with Crippen LogP contribution in [0.1, 0.15) is 12.8 Å². The molecule has 0 aromatic heterocycles. The van der Waals surface area contributed by atoms with Crippen molar-refractivity contribution >= 4 is 0 Å². The molecule has 76 valence electrons. The number of epoxide rings is 2. The van der Waals surface area contributed by atoms with Gasteiger partial charge in [0, 0.05) is 6.61 Å². The molecular formula is C9H16O4. The fraction of sp³-hybridized carbons (Fsp3) is 1.00. The van der Waals surface area contributed by atoms with Crippen molar-refractivity contribution in [3.05, 3.63) is 0 Å². The first-order valence-electron chi connectivity index (χ1n) is 4.79. The van der Waals surface area contributed by atoms with E-state index < -0.39 is 0 Å². The van der Waals surface area contributed by atoms with Crippen molar-refractivity contribution in [3.8, 4) is 0 Å². The average Bonchev–Trinajstić information content (AvgIpc) is 3.00. The summed E-state index contributed by atoms with van der Waals surface area (Å²) in [6, 6.07) is 0. The summed E-state index contributed by atoms with van der Waals surface area (Å²) in [7, 11) is 0. The Balaban J connectivity index is 1.44. The number of hydrogen-bond donors (Lipinski definition) is 1. The van der Waals surface area contributed by atoms with Crippen molar-refractivity contribution in [2.45, 2.75) is 24.5 Å². The number of aliphatic hydroxyl groups excluding tert-OH is 1. The van der Waals surface area contributed by atoms with Gasteiger partial charge < -0.3 is 19.3 Å². The third-order valence-electron chi connectivity index (χ3n) is 2.47. The van der Waals surface area contributed by atoms with Crippen LogP contribution >= 0.6 is 0 Å². The molecule has 1 N–H and O–H groups in total. The lowest BCUT2D eigenvalue weighted by Crippen LogP contribution is -2.17. The van der Waals surface area contributed by atoms with Gasteiger partial charge in [-0.25, -0.2) is 0 Å². The number of rotatable bonds is 7. The normalized spacial score (nSPS) is 36.2. The van der Waals surface area contributed by atoms with E-state index in [1.54, 1.807) is 0 Å². The molecule has 2 aliphatic heterocycles. The predicted molar refractivity (Wildman–Crippen MR) is 45.6 cm³/mol. The van der Waals surface area contributed by atoms with Crippen molar-refractivity contribution < 1.29 is 19.3 Å². The van der Waals surface area contributed by atoms with Gasteiger partial charge in [-0.3, -0.25) is 0 Å². The minimum atomic E-state index is -0.209. The van der Waals surface area contributed by atoms with Gasteiger partial charge >= 0.3 is 0 Å². The van der Waals surface area contributed by atoms with E-state index in [0.717, 1.165) is 26.1 Å². The van der Waals surface area contributed by atoms with Crippen LogP contribution in [-0.4, -0.2) is 49.8 Å². The molecular weight excluding hydrogens is 172 g/mol. The van der Waals surface area contributed by atoms with Crippen LogP contribution in [0.15, 0.2) is 0 Å². The van der Waals surface area contributed by atoms with Crippen LogP contribution in [0, 0.1) is 0 Å². The molecule has 2 atom stereocenters. The summed E-state index contributed by atoms with van der Waals surface area (Å²) >= 11 is 0. The maximum Gasteiger partial charge on any atom is 0.115 e. The van der Waals surface area contributed by atoms with Crippen LogP contribution in [0.4, 0.5) is 0 Å². The van der Waals surface area contributed by atoms with Gasteiger partial charge in [0.1, 0.15) is 11.7 Å². The van der Waals surface area contributed by atoms with Gasteiger partial charge in [0.15, 0.2) is 0 Å². The van der Waals surface area contributed by atoms with Gasteiger partial charge in [-0.1, -0.05) is 0 Å². The van der Waals surface area contributed by atoms with Gasteiger partial charge in [-0.15, -0.1) is 0 Å². The van der Waals surface area contributed by atoms with Crippen molar-refractivity contribution in [3.63, 3.8) is 0 Å². The molecule has 1 unspecified atom stereocenters. The zero-order valence-electron chi connectivity index (χ0n) is 7.70. The first-order chi connectivity index (χ1) is 6.35. The summed E-state index contributed by atoms with van der Waals surface area (Å²) in [6.45, 7) is 3.15. The van der Waals surface area contributed by atoms with E-state index in [4.69, 9.17) is 19.3 Å². The molecule has 0 bridgehead atoms. The molecule has 2 fully saturated rings. The van der Waals surface area contributed by atoms with E-state index in [9.17, 15) is 0 Å². The first-order valence-corrected chi connectivity index (χ1v) is 4.79. The molecule has 13 heavy (non-hydrogen) atoms. The minimum Gasteiger partial charge on any atom is -0.393 e. The van der Waals surface area contributed by atoms with Gasteiger partial charge in [0.05, 0.1) is 26.4 Å². The molecule has 4 heteroatoms. The molecule has 0 aliphatic carbocycles. The second-order valence-electron chi connectivity index (χ2n) is 3.76. The highest BCUT2D eigenvalue weighted by Crippen LogP contribution is 2.31. The highest BCUT2D eigenvalue weighted by molar-refractivity contribution is 4.90. The molecule has 0 aromatic carbocycles. The molecule has 0 amide bonds. The van der Waals surface area contributed by atoms with E-state index in [-0.39, 0.29) is 12.2 Å². The zero-order valence-corrected chi connectivity index (χ0v) is 7.70. The van der Waals surface area contributed by atoms with Gasteiger partial charge in [0.2, 0.25) is 0 Å². The lowest BCUT2D eigenvalue weighted by molar-refractivity contribution is 0.0993.